The summed E-state index contributed by atoms with van der Waals surface area (Å²) < 4.78 is 8.21. The van der Waals surface area contributed by atoms with Crippen LogP contribution in [0.15, 0.2) is 261 Å². The van der Waals surface area contributed by atoms with Crippen LogP contribution < -0.4 is 0 Å². The van der Waals surface area contributed by atoms with Crippen molar-refractivity contribution in [1.82, 2.24) is 4.57 Å². The quantitative estimate of drug-likeness (QED) is 0.0785. The average Bonchev–Trinajstić information content (AvgIpc) is 3.72. The molecule has 0 radical (unpaired) electrons. The standard InChI is InChI=1S/C56H40N2O.C8H12/c57-56(59-38-39-14-4-1-5-15-39)44-30-28-43(29-31-44)48-20-10-12-22-50(48)51-23-13-11-21-49(51)46-33-35-55-53(37-46)52-36-45(32-34-54(52)58(55)47-18-8-3-9-19-47)42-26-24-41(25-27-42)40-16-6-2-7-17-40;1-4-6-8(3)7-5-2/h1-37,57H,38H2;4-7H,1H2,2-3H3/b;7-5-,8-6+. The van der Waals surface area contributed by atoms with Gasteiger partial charge in [0.1, 0.15) is 6.61 Å². The number of ether oxygens (including phenoxy) is 1. The second-order valence-corrected chi connectivity index (χ2v) is 16.5. The van der Waals surface area contributed by atoms with Crippen LogP contribution in [-0.2, 0) is 11.3 Å². The third-order valence-corrected chi connectivity index (χ3v) is 12.1. The lowest BCUT2D eigenvalue weighted by Crippen LogP contribution is -2.05. The van der Waals surface area contributed by atoms with Gasteiger partial charge in [-0.3, -0.25) is 5.41 Å². The van der Waals surface area contributed by atoms with Crippen molar-refractivity contribution in [2.45, 2.75) is 20.5 Å². The Labute approximate surface area is 394 Å². The Morgan fingerprint density at radius 1 is 0.493 bits per heavy atom. The molecule has 9 aromatic carbocycles. The molecule has 10 rings (SSSR count). The van der Waals surface area contributed by atoms with Gasteiger partial charge in [0.15, 0.2) is 0 Å². The molecule has 0 aliphatic carbocycles. The van der Waals surface area contributed by atoms with Gasteiger partial charge in [0.25, 0.3) is 0 Å². The number of aromatic nitrogens is 1. The number of para-hydroxylation sites is 1. The van der Waals surface area contributed by atoms with Gasteiger partial charge in [-0.05, 0) is 124 Å². The molecule has 0 unspecified atom stereocenters. The van der Waals surface area contributed by atoms with Crippen LogP contribution in [0.5, 0.6) is 0 Å². The topological polar surface area (TPSA) is 38.0 Å². The molecule has 0 atom stereocenters. The van der Waals surface area contributed by atoms with Crippen LogP contribution >= 0.6 is 0 Å². The van der Waals surface area contributed by atoms with Gasteiger partial charge in [-0.15, -0.1) is 0 Å². The van der Waals surface area contributed by atoms with E-state index < -0.39 is 0 Å². The lowest BCUT2D eigenvalue weighted by molar-refractivity contribution is 0.291. The fraction of sp³-hybridized carbons (Fsp3) is 0.0469. The smallest absolute Gasteiger partial charge is 0.213 e. The highest BCUT2D eigenvalue weighted by atomic mass is 16.5. The number of hydrogen-bond acceptors (Lipinski definition) is 2. The first-order valence-corrected chi connectivity index (χ1v) is 22.8. The zero-order chi connectivity index (χ0) is 46.0. The third-order valence-electron chi connectivity index (χ3n) is 12.1. The molecule has 10 aromatic rings. The molecule has 0 bridgehead atoms. The van der Waals surface area contributed by atoms with Gasteiger partial charge in [0.05, 0.1) is 11.0 Å². The third kappa shape index (κ3) is 9.78. The van der Waals surface area contributed by atoms with E-state index in [0.29, 0.717) is 6.61 Å². The van der Waals surface area contributed by atoms with Gasteiger partial charge in [-0.2, -0.15) is 0 Å². The van der Waals surface area contributed by atoms with Gasteiger partial charge >= 0.3 is 0 Å². The van der Waals surface area contributed by atoms with E-state index in [-0.39, 0.29) is 5.90 Å². The van der Waals surface area contributed by atoms with E-state index in [0.717, 1.165) is 44.6 Å². The minimum absolute atomic E-state index is 0.163. The average molecular weight is 865 g/mol. The largest absolute Gasteiger partial charge is 0.473 e. The summed E-state index contributed by atoms with van der Waals surface area (Å²) in [5, 5.41) is 11.0. The second kappa shape index (κ2) is 20.5. The Hall–Kier alpha value is -8.53. The van der Waals surface area contributed by atoms with Crippen LogP contribution in [0.1, 0.15) is 25.0 Å². The van der Waals surface area contributed by atoms with Crippen molar-refractivity contribution in [1.29, 1.82) is 5.41 Å². The fourth-order valence-corrected chi connectivity index (χ4v) is 8.77. The first kappa shape index (κ1) is 43.7. The summed E-state index contributed by atoms with van der Waals surface area (Å²) >= 11 is 0. The molecule has 324 valence electrons. The number of rotatable bonds is 11. The lowest BCUT2D eigenvalue weighted by Gasteiger charge is -2.15. The highest BCUT2D eigenvalue weighted by Crippen LogP contribution is 2.42. The van der Waals surface area contributed by atoms with Crippen molar-refractivity contribution in [2.75, 3.05) is 0 Å². The minimum Gasteiger partial charge on any atom is -0.473 e. The Bertz CT molecular complexity index is 3360. The van der Waals surface area contributed by atoms with E-state index >= 15 is 0 Å². The fourth-order valence-electron chi connectivity index (χ4n) is 8.77. The molecule has 0 aliphatic heterocycles. The van der Waals surface area contributed by atoms with Gasteiger partial charge < -0.3 is 9.30 Å². The monoisotopic (exact) mass is 864 g/mol. The molecule has 0 saturated heterocycles. The number of nitrogens with zero attached hydrogens (tertiary/aromatic N) is 1. The van der Waals surface area contributed by atoms with Gasteiger partial charge in [0.2, 0.25) is 5.90 Å². The van der Waals surface area contributed by atoms with Gasteiger partial charge in [-0.25, -0.2) is 0 Å². The molecular weight excluding hydrogens is 813 g/mol. The zero-order valence-electron chi connectivity index (χ0n) is 37.9. The first-order chi connectivity index (χ1) is 33.0. The van der Waals surface area contributed by atoms with Crippen LogP contribution in [0.25, 0.3) is 83.1 Å². The summed E-state index contributed by atoms with van der Waals surface area (Å²) in [7, 11) is 0. The van der Waals surface area contributed by atoms with Crippen molar-refractivity contribution in [3.63, 3.8) is 0 Å². The normalized spacial score (nSPS) is 11.3. The van der Waals surface area contributed by atoms with Crippen molar-refractivity contribution in [3.8, 4) is 61.3 Å². The van der Waals surface area contributed by atoms with Crippen molar-refractivity contribution in [2.24, 2.45) is 0 Å². The molecule has 0 spiro atoms. The molecule has 3 nitrogen and oxygen atoms in total. The highest BCUT2D eigenvalue weighted by Gasteiger charge is 2.17. The summed E-state index contributed by atoms with van der Waals surface area (Å²) in [5.74, 6) is 0.163. The summed E-state index contributed by atoms with van der Waals surface area (Å²) in [5.41, 5.74) is 18.2. The second-order valence-electron chi connectivity index (χ2n) is 16.5. The number of allylic oxidation sites excluding steroid dienone is 5. The lowest BCUT2D eigenvalue weighted by atomic mass is 9.89. The Kier molecular flexibility index (Phi) is 13.4. The molecule has 0 aliphatic rings. The Morgan fingerprint density at radius 2 is 0.940 bits per heavy atom. The molecule has 1 N–H and O–H groups in total. The number of fused-ring (bicyclic) bond motifs is 3. The highest BCUT2D eigenvalue weighted by molar-refractivity contribution is 6.12. The predicted octanol–water partition coefficient (Wildman–Crippen LogP) is 17.4. The summed E-state index contributed by atoms with van der Waals surface area (Å²) in [6.45, 7) is 7.98. The molecule has 1 heterocycles. The molecule has 67 heavy (non-hydrogen) atoms. The molecule has 0 saturated carbocycles. The summed E-state index contributed by atoms with van der Waals surface area (Å²) in [4.78, 5) is 0. The number of hydrogen-bond donors (Lipinski definition) is 1. The van der Waals surface area contributed by atoms with Crippen molar-refractivity contribution < 1.29 is 4.74 Å². The maximum absolute atomic E-state index is 8.58. The molecule has 3 heteroatoms. The summed E-state index contributed by atoms with van der Waals surface area (Å²) in [6.07, 6.45) is 7.81. The molecule has 0 fully saturated rings. The number of nitrogens with one attached hydrogen (secondary N) is 1. The van der Waals surface area contributed by atoms with Crippen LogP contribution in [-0.4, -0.2) is 10.5 Å². The zero-order valence-corrected chi connectivity index (χ0v) is 37.9. The van der Waals surface area contributed by atoms with Crippen molar-refractivity contribution >= 4 is 27.7 Å². The minimum atomic E-state index is 0.163. The van der Waals surface area contributed by atoms with Gasteiger partial charge in [0, 0.05) is 22.0 Å². The van der Waals surface area contributed by atoms with Crippen molar-refractivity contribution in [3.05, 3.63) is 272 Å². The van der Waals surface area contributed by atoms with Crippen LogP contribution in [0.4, 0.5) is 0 Å². The molecular formula is C64H52N2O. The van der Waals surface area contributed by atoms with E-state index in [1.54, 1.807) is 6.08 Å². The Morgan fingerprint density at radius 3 is 1.52 bits per heavy atom. The van der Waals surface area contributed by atoms with E-state index in [1.165, 1.54) is 55.2 Å². The van der Waals surface area contributed by atoms with E-state index in [2.05, 4.69) is 193 Å². The molecule has 1 aromatic heterocycles. The van der Waals surface area contributed by atoms with Crippen LogP contribution in [0, 0.1) is 5.41 Å². The van der Waals surface area contributed by atoms with E-state index in [1.807, 2.05) is 74.5 Å². The maximum atomic E-state index is 8.58. The first-order valence-electron chi connectivity index (χ1n) is 22.8. The van der Waals surface area contributed by atoms with Crippen LogP contribution in [0.3, 0.4) is 0 Å². The van der Waals surface area contributed by atoms with Gasteiger partial charge in [-0.1, -0.05) is 212 Å². The predicted molar refractivity (Wildman–Crippen MR) is 285 cm³/mol. The summed E-state index contributed by atoms with van der Waals surface area (Å²) in [6, 6.07) is 79.3. The number of benzene rings is 9. The van der Waals surface area contributed by atoms with Crippen LogP contribution in [0.2, 0.25) is 0 Å². The van der Waals surface area contributed by atoms with E-state index in [9.17, 15) is 0 Å². The van der Waals surface area contributed by atoms with E-state index in [4.69, 9.17) is 10.1 Å². The Balaban J connectivity index is 0.000000646. The maximum Gasteiger partial charge on any atom is 0.213 e. The molecule has 0 amide bonds. The SMILES string of the molecule is C=C/C=C(C)/C=C\C.N=C(OCc1ccccc1)c1ccc(-c2ccccc2-c2ccccc2-c2ccc3c(c2)c2cc(-c4ccc(-c5ccccc5)cc4)ccc2n3-c2ccccc2)cc1.